The van der Waals surface area contributed by atoms with E-state index in [0.717, 1.165) is 22.4 Å². The monoisotopic (exact) mass is 419 g/mol. The van der Waals surface area contributed by atoms with Crippen LogP contribution < -0.4 is 16.0 Å². The van der Waals surface area contributed by atoms with Crippen molar-refractivity contribution >= 4 is 34.9 Å². The van der Waals surface area contributed by atoms with E-state index in [1.807, 2.05) is 49.4 Å². The van der Waals surface area contributed by atoms with E-state index in [0.29, 0.717) is 17.1 Å². The maximum atomic E-state index is 12.9. The summed E-state index contributed by atoms with van der Waals surface area (Å²) in [5.74, 6) is -0.265. The molecule has 3 aromatic carbocycles. The lowest BCUT2D eigenvalue weighted by Crippen LogP contribution is -2.45. The van der Waals surface area contributed by atoms with Gasteiger partial charge < -0.3 is 16.0 Å². The van der Waals surface area contributed by atoms with E-state index in [-0.39, 0.29) is 11.8 Å². The number of fused-ring (bicyclic) bond motifs is 1. The Balaban J connectivity index is 1.60. The Morgan fingerprint density at radius 1 is 1.03 bits per heavy atom. The lowest BCUT2D eigenvalue weighted by molar-refractivity contribution is -0.118. The number of carbonyl (C=O) groups excluding carboxylic acids is 2. The number of aryl methyl sites for hydroxylation is 1. The van der Waals surface area contributed by atoms with Crippen molar-refractivity contribution in [3.8, 4) is 0 Å². The van der Waals surface area contributed by atoms with E-state index < -0.39 is 12.1 Å². The summed E-state index contributed by atoms with van der Waals surface area (Å²) in [7, 11) is 0. The molecule has 3 N–H and O–H groups in total. The highest BCUT2D eigenvalue weighted by Gasteiger charge is 2.32. The summed E-state index contributed by atoms with van der Waals surface area (Å²) >= 11 is 5.98. The van der Waals surface area contributed by atoms with Gasteiger partial charge in [0.25, 0.3) is 0 Å². The Morgan fingerprint density at radius 3 is 2.60 bits per heavy atom. The number of nitrogens with one attached hydrogen (secondary N) is 3. The molecule has 0 saturated heterocycles. The molecule has 0 aliphatic carbocycles. The fraction of sp³-hybridized carbons (Fsp3) is 0.167. The molecular weight excluding hydrogens is 398 g/mol. The Labute approximate surface area is 180 Å². The first-order valence-corrected chi connectivity index (χ1v) is 10.2. The van der Waals surface area contributed by atoms with E-state index in [4.69, 9.17) is 11.6 Å². The molecule has 0 radical (unpaired) electrons. The van der Waals surface area contributed by atoms with Crippen LogP contribution in [-0.2, 0) is 4.79 Å². The molecule has 152 valence electrons. The van der Waals surface area contributed by atoms with Gasteiger partial charge in [0.05, 0.1) is 0 Å². The van der Waals surface area contributed by atoms with Gasteiger partial charge in [-0.05, 0) is 54.3 Å². The van der Waals surface area contributed by atoms with Crippen molar-refractivity contribution in [3.05, 3.63) is 94.5 Å². The van der Waals surface area contributed by atoms with Gasteiger partial charge in [0.1, 0.15) is 6.04 Å². The highest BCUT2D eigenvalue weighted by atomic mass is 35.5. The lowest BCUT2D eigenvalue weighted by atomic mass is 9.86. The van der Waals surface area contributed by atoms with E-state index in [1.165, 1.54) is 0 Å². The number of hydrogen-bond donors (Lipinski definition) is 3. The SMILES string of the molecule is Cc1ccc2c(c1)NC(=O)[C@H](NC(=O)Nc1cccc(Cl)c1)C[C@@H]2c1ccccc1. The molecule has 0 aromatic heterocycles. The summed E-state index contributed by atoms with van der Waals surface area (Å²) < 4.78 is 0. The van der Waals surface area contributed by atoms with Crippen molar-refractivity contribution in [3.63, 3.8) is 0 Å². The van der Waals surface area contributed by atoms with Crippen LogP contribution in [0.4, 0.5) is 16.2 Å². The molecule has 1 aliphatic rings. The van der Waals surface area contributed by atoms with E-state index in [2.05, 4.69) is 22.0 Å². The minimum absolute atomic E-state index is 0.0304. The number of amides is 3. The highest BCUT2D eigenvalue weighted by molar-refractivity contribution is 6.30. The number of halogens is 1. The number of hydrogen-bond acceptors (Lipinski definition) is 2. The van der Waals surface area contributed by atoms with Gasteiger partial charge in [-0.3, -0.25) is 4.79 Å². The third-order valence-electron chi connectivity index (χ3n) is 5.22. The van der Waals surface area contributed by atoms with Crippen LogP contribution in [0.5, 0.6) is 0 Å². The van der Waals surface area contributed by atoms with Gasteiger partial charge in [-0.2, -0.15) is 0 Å². The Hall–Kier alpha value is -3.31. The molecule has 2 atom stereocenters. The normalized spacial score (nSPS) is 18.0. The van der Waals surface area contributed by atoms with Crippen LogP contribution in [0.1, 0.15) is 29.0 Å². The van der Waals surface area contributed by atoms with E-state index >= 15 is 0 Å². The number of carbonyl (C=O) groups is 2. The molecule has 30 heavy (non-hydrogen) atoms. The molecule has 1 aliphatic heterocycles. The Kier molecular flexibility index (Phi) is 5.72. The second kappa shape index (κ2) is 8.59. The minimum Gasteiger partial charge on any atom is -0.326 e. The second-order valence-electron chi connectivity index (χ2n) is 7.44. The molecule has 6 heteroatoms. The fourth-order valence-electron chi connectivity index (χ4n) is 3.79. The fourth-order valence-corrected chi connectivity index (χ4v) is 3.98. The van der Waals surface area contributed by atoms with E-state index in [9.17, 15) is 9.59 Å². The first kappa shape index (κ1) is 20.0. The number of anilines is 2. The van der Waals surface area contributed by atoms with Crippen molar-refractivity contribution < 1.29 is 9.59 Å². The Morgan fingerprint density at radius 2 is 1.83 bits per heavy atom. The second-order valence-corrected chi connectivity index (χ2v) is 7.88. The van der Waals surface area contributed by atoms with Gasteiger partial charge in [-0.25, -0.2) is 4.79 Å². The zero-order chi connectivity index (χ0) is 21.1. The van der Waals surface area contributed by atoms with Crippen molar-refractivity contribution in [2.24, 2.45) is 0 Å². The van der Waals surface area contributed by atoms with Gasteiger partial charge in [-0.15, -0.1) is 0 Å². The Bertz CT molecular complexity index is 1080. The third kappa shape index (κ3) is 4.47. The van der Waals surface area contributed by atoms with Crippen LogP contribution in [0.2, 0.25) is 5.02 Å². The maximum Gasteiger partial charge on any atom is 0.319 e. The van der Waals surface area contributed by atoms with Crippen molar-refractivity contribution in [2.75, 3.05) is 10.6 Å². The average Bonchev–Trinajstić information content (AvgIpc) is 2.85. The summed E-state index contributed by atoms with van der Waals surface area (Å²) in [5.41, 5.74) is 4.55. The quantitative estimate of drug-likeness (QED) is 0.538. The molecule has 0 unspecified atom stereocenters. The predicted octanol–water partition coefficient (Wildman–Crippen LogP) is 5.31. The summed E-state index contributed by atoms with van der Waals surface area (Å²) in [6, 6.07) is 21.8. The third-order valence-corrected chi connectivity index (χ3v) is 5.45. The molecule has 1 heterocycles. The topological polar surface area (TPSA) is 70.2 Å². The van der Waals surface area contributed by atoms with Crippen LogP contribution in [0.3, 0.4) is 0 Å². The van der Waals surface area contributed by atoms with Crippen LogP contribution >= 0.6 is 11.6 Å². The number of benzene rings is 3. The summed E-state index contributed by atoms with van der Waals surface area (Å²) in [5, 5.41) is 9.07. The van der Waals surface area contributed by atoms with Crippen LogP contribution in [0.25, 0.3) is 0 Å². The summed E-state index contributed by atoms with van der Waals surface area (Å²) in [6.45, 7) is 1.99. The van der Waals surface area contributed by atoms with Crippen molar-refractivity contribution in [2.45, 2.75) is 25.3 Å². The smallest absolute Gasteiger partial charge is 0.319 e. The van der Waals surface area contributed by atoms with E-state index in [1.54, 1.807) is 24.3 Å². The van der Waals surface area contributed by atoms with Crippen molar-refractivity contribution in [1.29, 1.82) is 0 Å². The number of urea groups is 1. The zero-order valence-electron chi connectivity index (χ0n) is 16.5. The summed E-state index contributed by atoms with van der Waals surface area (Å²) in [6.07, 6.45) is 0.453. The van der Waals surface area contributed by atoms with Crippen molar-refractivity contribution in [1.82, 2.24) is 5.32 Å². The molecule has 5 nitrogen and oxygen atoms in total. The van der Waals surface area contributed by atoms with Gasteiger partial charge in [-0.1, -0.05) is 60.1 Å². The summed E-state index contributed by atoms with van der Waals surface area (Å²) in [4.78, 5) is 25.5. The maximum absolute atomic E-state index is 12.9. The first-order chi connectivity index (χ1) is 14.5. The largest absolute Gasteiger partial charge is 0.326 e. The first-order valence-electron chi connectivity index (χ1n) is 9.79. The molecule has 4 rings (SSSR count). The van der Waals surface area contributed by atoms with Gasteiger partial charge in [0.15, 0.2) is 0 Å². The predicted molar refractivity (Wildman–Crippen MR) is 120 cm³/mol. The molecule has 3 amide bonds. The molecule has 0 fully saturated rings. The van der Waals surface area contributed by atoms with Gasteiger partial charge in [0, 0.05) is 22.3 Å². The molecule has 0 bridgehead atoms. The molecular formula is C24H22ClN3O2. The molecule has 0 saturated carbocycles. The van der Waals surface area contributed by atoms with Gasteiger partial charge >= 0.3 is 6.03 Å². The molecule has 3 aromatic rings. The minimum atomic E-state index is -0.693. The van der Waals surface area contributed by atoms with Gasteiger partial charge in [0.2, 0.25) is 5.91 Å². The van der Waals surface area contributed by atoms with Crippen LogP contribution in [-0.4, -0.2) is 18.0 Å². The molecule has 0 spiro atoms. The van der Waals surface area contributed by atoms with Crippen LogP contribution in [0, 0.1) is 6.92 Å². The zero-order valence-corrected chi connectivity index (χ0v) is 17.2. The standard InChI is InChI=1S/C24H22ClN3O2/c1-15-10-11-19-20(16-6-3-2-4-7-16)14-22(23(29)27-21(19)12-15)28-24(30)26-18-9-5-8-17(25)13-18/h2-13,20,22H,14H2,1H3,(H,27,29)(H2,26,28,30)/t20-,22-/m1/s1. The highest BCUT2D eigenvalue weighted by Crippen LogP contribution is 2.37. The number of rotatable bonds is 3. The average molecular weight is 420 g/mol. The lowest BCUT2D eigenvalue weighted by Gasteiger charge is -2.21. The van der Waals surface area contributed by atoms with Crippen LogP contribution in [0.15, 0.2) is 72.8 Å².